The van der Waals surface area contributed by atoms with Gasteiger partial charge in [-0.3, -0.25) is 0 Å². The second-order valence-corrected chi connectivity index (χ2v) is 14.5. The van der Waals surface area contributed by atoms with Gasteiger partial charge in [-0.1, -0.05) is 99.5 Å². The van der Waals surface area contributed by atoms with Gasteiger partial charge in [-0.2, -0.15) is 0 Å². The number of aromatic carboxylic acids is 4. The molecule has 7 rings (SSSR count). The molecule has 0 unspecified atom stereocenters. The molecule has 0 aromatic heterocycles. The molecule has 0 heterocycles. The Kier molecular flexibility index (Phi) is 11.3. The number of fused-ring (bicyclic) bond motifs is 3. The van der Waals surface area contributed by atoms with E-state index in [4.69, 9.17) is 9.47 Å². The first kappa shape index (κ1) is 40.0. The lowest BCUT2D eigenvalue weighted by Crippen LogP contribution is -2.29. The molecule has 0 saturated heterocycles. The van der Waals surface area contributed by atoms with Gasteiger partial charge in [0.1, 0.15) is 23.0 Å². The monoisotopic (exact) mass is 790 g/mol. The van der Waals surface area contributed by atoms with Crippen molar-refractivity contribution in [1.29, 1.82) is 0 Å². The minimum Gasteiger partial charge on any atom is -0.478 e. The summed E-state index contributed by atoms with van der Waals surface area (Å²) in [4.78, 5) is 47.5. The van der Waals surface area contributed by atoms with Crippen molar-refractivity contribution in [3.05, 3.63) is 177 Å². The number of aryl methyl sites for hydroxylation is 2. The summed E-state index contributed by atoms with van der Waals surface area (Å²) in [5.41, 5.74) is 5.88. The van der Waals surface area contributed by atoms with E-state index in [2.05, 4.69) is 50.2 Å². The van der Waals surface area contributed by atoms with Crippen LogP contribution in [0.15, 0.2) is 121 Å². The third kappa shape index (κ3) is 7.52. The zero-order valence-corrected chi connectivity index (χ0v) is 32.5. The van der Waals surface area contributed by atoms with Gasteiger partial charge < -0.3 is 29.9 Å². The maximum Gasteiger partial charge on any atom is 0.336 e. The number of hydrogen-bond donors (Lipinski definition) is 4. The molecule has 1 aliphatic carbocycles. The molecule has 0 bridgehead atoms. The molecule has 298 valence electrons. The van der Waals surface area contributed by atoms with E-state index in [1.54, 1.807) is 0 Å². The Morgan fingerprint density at radius 3 is 1.24 bits per heavy atom. The lowest BCUT2D eigenvalue weighted by molar-refractivity contribution is 0.0651. The van der Waals surface area contributed by atoms with Gasteiger partial charge in [0.05, 0.1) is 27.7 Å². The van der Waals surface area contributed by atoms with Crippen LogP contribution < -0.4 is 9.47 Å². The van der Waals surface area contributed by atoms with Crippen molar-refractivity contribution in [2.75, 3.05) is 0 Å². The largest absolute Gasteiger partial charge is 0.478 e. The van der Waals surface area contributed by atoms with Gasteiger partial charge >= 0.3 is 23.9 Å². The summed E-state index contributed by atoms with van der Waals surface area (Å²) in [6, 6.07) is 36.7. The molecule has 10 nitrogen and oxygen atoms in total. The molecule has 0 spiro atoms. The van der Waals surface area contributed by atoms with Gasteiger partial charge in [-0.25, -0.2) is 19.2 Å². The molecule has 0 fully saturated rings. The van der Waals surface area contributed by atoms with Gasteiger partial charge in [0.25, 0.3) is 0 Å². The number of benzene rings is 6. The molecule has 1 aliphatic rings. The average Bonchev–Trinajstić information content (AvgIpc) is 3.53. The maximum absolute atomic E-state index is 12.0. The quantitative estimate of drug-likeness (QED) is 0.0739. The number of carboxylic acid groups (broad SMARTS) is 4. The van der Waals surface area contributed by atoms with E-state index in [1.807, 2.05) is 48.5 Å². The molecule has 0 saturated carbocycles. The molecule has 0 amide bonds. The molecule has 10 heteroatoms. The first-order valence-electron chi connectivity index (χ1n) is 19.5. The summed E-state index contributed by atoms with van der Waals surface area (Å²) in [6.07, 6.45) is 4.83. The van der Waals surface area contributed by atoms with Crippen LogP contribution in [0.25, 0.3) is 11.1 Å². The van der Waals surface area contributed by atoms with Crippen molar-refractivity contribution in [2.24, 2.45) is 0 Å². The first-order valence-corrected chi connectivity index (χ1v) is 19.5. The molecule has 0 atom stereocenters. The fourth-order valence-electron chi connectivity index (χ4n) is 8.13. The molecule has 6 aromatic carbocycles. The first-order chi connectivity index (χ1) is 28.5. The smallest absolute Gasteiger partial charge is 0.336 e. The lowest BCUT2D eigenvalue weighted by Gasteiger charge is -2.35. The third-order valence-corrected chi connectivity index (χ3v) is 10.9. The van der Waals surface area contributed by atoms with E-state index < -0.39 is 29.3 Å². The van der Waals surface area contributed by atoms with E-state index in [0.717, 1.165) is 70.2 Å². The van der Waals surface area contributed by atoms with Crippen molar-refractivity contribution in [1.82, 2.24) is 0 Å². The van der Waals surface area contributed by atoms with E-state index >= 15 is 0 Å². The molecule has 0 aliphatic heterocycles. The Morgan fingerprint density at radius 1 is 0.475 bits per heavy atom. The zero-order valence-electron chi connectivity index (χ0n) is 32.5. The zero-order chi connectivity index (χ0) is 41.8. The number of carboxylic acids is 4. The minimum absolute atomic E-state index is 0.202. The van der Waals surface area contributed by atoms with E-state index in [9.17, 15) is 39.6 Å². The molecule has 6 aromatic rings. The van der Waals surface area contributed by atoms with Crippen LogP contribution in [0.4, 0.5) is 0 Å². The van der Waals surface area contributed by atoms with Gasteiger partial charge in [-0.15, -0.1) is 0 Å². The third-order valence-electron chi connectivity index (χ3n) is 10.9. The molecule has 4 N–H and O–H groups in total. The molecular weight excluding hydrogens is 749 g/mol. The van der Waals surface area contributed by atoms with Crippen molar-refractivity contribution < 1.29 is 49.1 Å². The molecule has 59 heavy (non-hydrogen) atoms. The summed E-state index contributed by atoms with van der Waals surface area (Å²) in [7, 11) is 0. The van der Waals surface area contributed by atoms with Crippen LogP contribution in [-0.2, 0) is 18.3 Å². The van der Waals surface area contributed by atoms with Gasteiger partial charge in [0, 0.05) is 0 Å². The second-order valence-electron chi connectivity index (χ2n) is 14.5. The fraction of sp³-hybridized carbons (Fsp3) is 0.184. The number of rotatable bonds is 16. The predicted molar refractivity (Wildman–Crippen MR) is 222 cm³/mol. The van der Waals surface area contributed by atoms with E-state index in [1.165, 1.54) is 36.4 Å². The Hall–Kier alpha value is -7.20. The van der Waals surface area contributed by atoms with Crippen LogP contribution in [0, 0.1) is 0 Å². The van der Waals surface area contributed by atoms with E-state index in [0.29, 0.717) is 24.3 Å². The number of carbonyl (C=O) groups is 4. The highest BCUT2D eigenvalue weighted by molar-refractivity contribution is 6.02. The lowest BCUT2D eigenvalue weighted by atomic mass is 9.67. The van der Waals surface area contributed by atoms with Gasteiger partial charge in [-0.05, 0) is 119 Å². The van der Waals surface area contributed by atoms with Crippen LogP contribution in [0.3, 0.4) is 0 Å². The van der Waals surface area contributed by atoms with Crippen LogP contribution in [0.5, 0.6) is 23.0 Å². The SMILES string of the molecule is CCCCc1cc(C2(c3ccc(Oc4ccc(C(=O)O)c(C(=O)O)c4)c(CCCC)c3)c3ccccc3-c3ccccc32)ccc1Oc1ccc(C(=O)O)c(C(=O)O)c1. The van der Waals surface area contributed by atoms with Crippen LogP contribution in [0.2, 0.25) is 0 Å². The summed E-state index contributed by atoms with van der Waals surface area (Å²) in [5.74, 6) is -3.97. The summed E-state index contributed by atoms with van der Waals surface area (Å²) >= 11 is 0. The number of hydrogen-bond acceptors (Lipinski definition) is 6. The second kappa shape index (κ2) is 16.7. The summed E-state index contributed by atoms with van der Waals surface area (Å²) in [6.45, 7) is 4.20. The summed E-state index contributed by atoms with van der Waals surface area (Å²) in [5, 5.41) is 38.7. The van der Waals surface area contributed by atoms with Gasteiger partial charge in [0.2, 0.25) is 0 Å². The molecular formula is C49H42O10. The normalized spacial score (nSPS) is 12.3. The topological polar surface area (TPSA) is 168 Å². The standard InChI is InChI=1S/C49H42O10/c1-3-5-11-29-25-31(17-23-43(29)58-33-19-21-37(45(50)51)39(27-33)47(54)55)49(41-15-9-7-13-35(41)36-14-8-10-16-42(36)49)32-18-24-44(30(26-32)12-6-4-2)59-34-20-22-38(46(52)53)40(28-34)48(56)57/h7-10,13-28H,3-6,11-12H2,1-2H3,(H,50,51)(H,52,53)(H,54,55)(H,56,57). The Bertz CT molecular complexity index is 2440. The van der Waals surface area contributed by atoms with Crippen LogP contribution >= 0.6 is 0 Å². The average molecular weight is 791 g/mol. The van der Waals surface area contributed by atoms with Gasteiger partial charge in [0.15, 0.2) is 0 Å². The van der Waals surface area contributed by atoms with Crippen molar-refractivity contribution in [2.45, 2.75) is 57.8 Å². The summed E-state index contributed by atoms with van der Waals surface area (Å²) < 4.78 is 12.7. The highest BCUT2D eigenvalue weighted by Gasteiger charge is 2.46. The Morgan fingerprint density at radius 2 is 0.864 bits per heavy atom. The van der Waals surface area contributed by atoms with E-state index in [-0.39, 0.29) is 33.8 Å². The highest BCUT2D eigenvalue weighted by Crippen LogP contribution is 2.57. The van der Waals surface area contributed by atoms with Crippen molar-refractivity contribution in [3.8, 4) is 34.1 Å². The van der Waals surface area contributed by atoms with Crippen molar-refractivity contribution >= 4 is 23.9 Å². The molecule has 0 radical (unpaired) electrons. The number of unbranched alkanes of at least 4 members (excludes halogenated alkanes) is 2. The van der Waals surface area contributed by atoms with Crippen LogP contribution in [0.1, 0.15) is 114 Å². The Labute approximate surface area is 341 Å². The minimum atomic E-state index is -1.37. The highest BCUT2D eigenvalue weighted by atomic mass is 16.5. The van der Waals surface area contributed by atoms with Crippen molar-refractivity contribution in [3.63, 3.8) is 0 Å². The number of ether oxygens (including phenoxy) is 2. The fourth-order valence-corrected chi connectivity index (χ4v) is 8.13. The van der Waals surface area contributed by atoms with Crippen LogP contribution in [-0.4, -0.2) is 44.3 Å². The predicted octanol–water partition coefficient (Wildman–Crippen LogP) is 11.1. The Balaban J connectivity index is 1.41. The maximum atomic E-state index is 12.0.